The molecule has 1 atom stereocenters. The number of carbonyl (C=O) groups is 1. The van der Waals surface area contributed by atoms with Gasteiger partial charge in [-0.25, -0.2) is 0 Å². The van der Waals surface area contributed by atoms with Gasteiger partial charge in [-0.1, -0.05) is 0 Å². The zero-order chi connectivity index (χ0) is 9.73. The summed E-state index contributed by atoms with van der Waals surface area (Å²) >= 11 is 0. The van der Waals surface area contributed by atoms with Gasteiger partial charge in [0.2, 0.25) is 0 Å². The van der Waals surface area contributed by atoms with E-state index in [4.69, 9.17) is 14.2 Å². The van der Waals surface area contributed by atoms with E-state index in [1.165, 1.54) is 0 Å². The Balaban J connectivity index is 2.04. The van der Waals surface area contributed by atoms with Gasteiger partial charge in [0.15, 0.2) is 0 Å². The quantitative estimate of drug-likeness (QED) is 0.428. The van der Waals surface area contributed by atoms with Crippen molar-refractivity contribution in [2.75, 3.05) is 26.4 Å². The van der Waals surface area contributed by atoms with Crippen molar-refractivity contribution >= 4 is 6.29 Å². The van der Waals surface area contributed by atoms with E-state index in [2.05, 4.69) is 0 Å². The van der Waals surface area contributed by atoms with Gasteiger partial charge < -0.3 is 19.0 Å². The van der Waals surface area contributed by atoms with Crippen molar-refractivity contribution in [3.05, 3.63) is 0 Å². The van der Waals surface area contributed by atoms with Crippen molar-refractivity contribution in [1.82, 2.24) is 0 Å². The maximum atomic E-state index is 10.1. The third-order valence-corrected chi connectivity index (χ3v) is 1.70. The summed E-state index contributed by atoms with van der Waals surface area (Å²) in [6.45, 7) is 5.81. The Morgan fingerprint density at radius 1 is 1.62 bits per heavy atom. The molecular weight excluding hydrogens is 172 g/mol. The van der Waals surface area contributed by atoms with Crippen LogP contribution >= 0.6 is 0 Å². The summed E-state index contributed by atoms with van der Waals surface area (Å²) in [6, 6.07) is 0. The standard InChI is InChI=1S/C9H16O4/c1-9(2,13-4-3-10)7-11-5-8-6-12-8/h3,8H,4-7H2,1-2H3. The molecule has 0 N–H and O–H groups in total. The van der Waals surface area contributed by atoms with E-state index >= 15 is 0 Å². The van der Waals surface area contributed by atoms with E-state index in [9.17, 15) is 4.79 Å². The first-order chi connectivity index (χ1) is 6.14. The smallest absolute Gasteiger partial charge is 0.145 e. The van der Waals surface area contributed by atoms with Gasteiger partial charge in [0, 0.05) is 0 Å². The SMILES string of the molecule is CC(C)(COCC1CO1)OCC=O. The molecule has 0 aromatic rings. The highest BCUT2D eigenvalue weighted by molar-refractivity contribution is 5.50. The maximum Gasteiger partial charge on any atom is 0.145 e. The first-order valence-corrected chi connectivity index (χ1v) is 4.41. The lowest BCUT2D eigenvalue weighted by molar-refractivity contribution is -0.122. The molecule has 1 aliphatic rings. The summed E-state index contributed by atoms with van der Waals surface area (Å²) in [5.41, 5.74) is -0.393. The van der Waals surface area contributed by atoms with Gasteiger partial charge in [-0.15, -0.1) is 0 Å². The van der Waals surface area contributed by atoms with Crippen molar-refractivity contribution in [2.24, 2.45) is 0 Å². The fourth-order valence-electron chi connectivity index (χ4n) is 0.902. The highest BCUT2D eigenvalue weighted by atomic mass is 16.6. The average molecular weight is 188 g/mol. The summed E-state index contributed by atoms with van der Waals surface area (Å²) in [5.74, 6) is 0. The van der Waals surface area contributed by atoms with Gasteiger partial charge in [0.25, 0.3) is 0 Å². The number of aldehydes is 1. The molecule has 0 aromatic carbocycles. The Morgan fingerprint density at radius 3 is 2.85 bits per heavy atom. The Hall–Kier alpha value is -0.450. The normalized spacial score (nSPS) is 21.5. The zero-order valence-electron chi connectivity index (χ0n) is 8.12. The Bertz CT molecular complexity index is 163. The molecule has 0 amide bonds. The third kappa shape index (κ3) is 4.98. The van der Waals surface area contributed by atoms with Crippen LogP contribution < -0.4 is 0 Å². The van der Waals surface area contributed by atoms with Crippen molar-refractivity contribution in [1.29, 1.82) is 0 Å². The van der Waals surface area contributed by atoms with E-state index in [0.717, 1.165) is 12.9 Å². The van der Waals surface area contributed by atoms with Crippen LogP contribution in [-0.4, -0.2) is 44.4 Å². The first kappa shape index (κ1) is 10.6. The van der Waals surface area contributed by atoms with Crippen LogP contribution in [0.4, 0.5) is 0 Å². The van der Waals surface area contributed by atoms with Crippen LogP contribution in [0.5, 0.6) is 0 Å². The first-order valence-electron chi connectivity index (χ1n) is 4.41. The molecule has 13 heavy (non-hydrogen) atoms. The van der Waals surface area contributed by atoms with E-state index in [1.54, 1.807) is 0 Å². The molecule has 0 aromatic heterocycles. The summed E-state index contributed by atoms with van der Waals surface area (Å²) in [6.07, 6.45) is 1.02. The van der Waals surface area contributed by atoms with E-state index in [0.29, 0.717) is 13.2 Å². The lowest BCUT2D eigenvalue weighted by Crippen LogP contribution is -2.32. The maximum absolute atomic E-state index is 10.1. The topological polar surface area (TPSA) is 48.1 Å². The highest BCUT2D eigenvalue weighted by Gasteiger charge is 2.25. The molecule has 1 rings (SSSR count). The highest BCUT2D eigenvalue weighted by Crippen LogP contribution is 2.12. The van der Waals surface area contributed by atoms with E-state index < -0.39 is 5.60 Å². The molecule has 0 aliphatic carbocycles. The fraction of sp³-hybridized carbons (Fsp3) is 0.889. The molecule has 1 heterocycles. The second-order valence-corrected chi connectivity index (χ2v) is 3.71. The molecule has 0 spiro atoms. The van der Waals surface area contributed by atoms with Crippen LogP contribution in [0.3, 0.4) is 0 Å². The molecule has 1 saturated heterocycles. The summed E-state index contributed by atoms with van der Waals surface area (Å²) in [4.78, 5) is 10.1. The van der Waals surface area contributed by atoms with Gasteiger partial charge >= 0.3 is 0 Å². The molecule has 0 bridgehead atoms. The second kappa shape index (κ2) is 4.69. The lowest BCUT2D eigenvalue weighted by atomic mass is 10.1. The number of epoxide rings is 1. The van der Waals surface area contributed by atoms with Crippen molar-refractivity contribution in [3.63, 3.8) is 0 Å². The molecule has 4 nitrogen and oxygen atoms in total. The third-order valence-electron chi connectivity index (χ3n) is 1.70. The van der Waals surface area contributed by atoms with Crippen molar-refractivity contribution < 1.29 is 19.0 Å². The Morgan fingerprint density at radius 2 is 2.31 bits per heavy atom. The number of rotatable bonds is 7. The number of hydrogen-bond acceptors (Lipinski definition) is 4. The summed E-state index contributed by atoms with van der Waals surface area (Å²) < 4.78 is 15.6. The fourth-order valence-corrected chi connectivity index (χ4v) is 0.902. The largest absolute Gasteiger partial charge is 0.376 e. The molecule has 1 fully saturated rings. The predicted octanol–water partition coefficient (Wildman–Crippen LogP) is 0.396. The van der Waals surface area contributed by atoms with Gasteiger partial charge in [0.05, 0.1) is 25.4 Å². The van der Waals surface area contributed by atoms with Gasteiger partial charge in [0.1, 0.15) is 19.0 Å². The number of ether oxygens (including phenoxy) is 3. The van der Waals surface area contributed by atoms with Gasteiger partial charge in [-0.3, -0.25) is 0 Å². The molecule has 1 aliphatic heterocycles. The minimum atomic E-state index is -0.393. The van der Waals surface area contributed by atoms with Crippen LogP contribution in [0.1, 0.15) is 13.8 Å². The number of carbonyl (C=O) groups excluding carboxylic acids is 1. The minimum absolute atomic E-state index is 0.121. The lowest BCUT2D eigenvalue weighted by Gasteiger charge is -2.23. The molecule has 0 radical (unpaired) electrons. The van der Waals surface area contributed by atoms with Crippen LogP contribution in [-0.2, 0) is 19.0 Å². The molecule has 0 saturated carbocycles. The van der Waals surface area contributed by atoms with Crippen LogP contribution in [0, 0.1) is 0 Å². The predicted molar refractivity (Wildman–Crippen MR) is 46.7 cm³/mol. The summed E-state index contributed by atoms with van der Waals surface area (Å²) in [7, 11) is 0. The monoisotopic (exact) mass is 188 g/mol. The van der Waals surface area contributed by atoms with Crippen LogP contribution in [0.2, 0.25) is 0 Å². The summed E-state index contributed by atoms with van der Waals surface area (Å²) in [5, 5.41) is 0. The van der Waals surface area contributed by atoms with Gasteiger partial charge in [-0.2, -0.15) is 0 Å². The Kier molecular flexibility index (Phi) is 3.84. The molecular formula is C9H16O4. The second-order valence-electron chi connectivity index (χ2n) is 3.71. The molecule has 4 heteroatoms. The Labute approximate surface area is 78.2 Å². The van der Waals surface area contributed by atoms with Crippen molar-refractivity contribution in [3.8, 4) is 0 Å². The van der Waals surface area contributed by atoms with E-state index in [-0.39, 0.29) is 12.7 Å². The zero-order valence-corrected chi connectivity index (χ0v) is 8.12. The van der Waals surface area contributed by atoms with Gasteiger partial charge in [-0.05, 0) is 13.8 Å². The molecule has 76 valence electrons. The average Bonchev–Trinajstić information content (AvgIpc) is 2.84. The molecule has 1 unspecified atom stereocenters. The van der Waals surface area contributed by atoms with Crippen LogP contribution in [0.25, 0.3) is 0 Å². The minimum Gasteiger partial charge on any atom is -0.376 e. The number of hydrogen-bond donors (Lipinski definition) is 0. The van der Waals surface area contributed by atoms with E-state index in [1.807, 2.05) is 13.8 Å². The van der Waals surface area contributed by atoms with Crippen LogP contribution in [0.15, 0.2) is 0 Å². The van der Waals surface area contributed by atoms with Crippen molar-refractivity contribution in [2.45, 2.75) is 25.6 Å².